The smallest absolute Gasteiger partial charge is 0.123 e. The normalized spacial score (nSPS) is 19.8. The second-order valence-electron chi connectivity index (χ2n) is 4.44. The summed E-state index contributed by atoms with van der Waals surface area (Å²) in [5.74, 6) is 1.05. The maximum Gasteiger partial charge on any atom is 0.123 e. The van der Waals surface area contributed by atoms with E-state index in [1.807, 2.05) is 0 Å². The summed E-state index contributed by atoms with van der Waals surface area (Å²) in [4.78, 5) is 0. The van der Waals surface area contributed by atoms with Crippen LogP contribution in [0.25, 0.3) is 0 Å². The largest absolute Gasteiger partial charge is 0.386 e. The van der Waals surface area contributed by atoms with Crippen LogP contribution in [-0.2, 0) is 6.42 Å². The van der Waals surface area contributed by atoms with E-state index in [1.165, 1.54) is 11.1 Å². The molecule has 3 heteroatoms. The van der Waals surface area contributed by atoms with Gasteiger partial charge in [-0.25, -0.2) is 0 Å². The van der Waals surface area contributed by atoms with Gasteiger partial charge in [-0.15, -0.1) is 5.10 Å². The van der Waals surface area contributed by atoms with Crippen LogP contribution in [0.1, 0.15) is 37.8 Å². The highest BCUT2D eigenvalue weighted by atomic mass is 15.2. The van der Waals surface area contributed by atoms with Gasteiger partial charge in [-0.3, -0.25) is 0 Å². The van der Waals surface area contributed by atoms with Gasteiger partial charge in [-0.1, -0.05) is 38.1 Å². The van der Waals surface area contributed by atoms with Crippen LogP contribution < -0.4 is 5.73 Å². The Balaban J connectivity index is 2.30. The molecule has 17 heavy (non-hydrogen) atoms. The van der Waals surface area contributed by atoms with Gasteiger partial charge in [0.1, 0.15) is 5.84 Å². The molecule has 0 aliphatic carbocycles. The molecule has 0 radical (unpaired) electrons. The molecule has 0 aromatic heterocycles. The minimum absolute atomic E-state index is 0.403. The summed E-state index contributed by atoms with van der Waals surface area (Å²) >= 11 is 0. The summed E-state index contributed by atoms with van der Waals surface area (Å²) in [5.41, 5.74) is 9.32. The summed E-state index contributed by atoms with van der Waals surface area (Å²) in [5, 5.41) is 8.28. The van der Waals surface area contributed by atoms with E-state index >= 15 is 0 Å². The fraction of sp³-hybridized carbons (Fsp3) is 0.429. The van der Waals surface area contributed by atoms with Crippen molar-refractivity contribution in [1.82, 2.24) is 0 Å². The predicted octanol–water partition coefficient (Wildman–Crippen LogP) is 2.74. The van der Waals surface area contributed by atoms with Crippen LogP contribution in [0.3, 0.4) is 0 Å². The number of nitrogens with two attached hydrogens (primary N) is 1. The Morgan fingerprint density at radius 3 is 2.47 bits per heavy atom. The number of amidine groups is 1. The minimum Gasteiger partial charge on any atom is -0.386 e. The average molecular weight is 229 g/mol. The molecule has 90 valence electrons. The van der Waals surface area contributed by atoms with Crippen LogP contribution in [-0.4, -0.2) is 11.5 Å². The van der Waals surface area contributed by atoms with E-state index < -0.39 is 0 Å². The average Bonchev–Trinajstić information content (AvgIpc) is 2.39. The zero-order valence-corrected chi connectivity index (χ0v) is 10.5. The molecule has 3 nitrogen and oxygen atoms in total. The lowest BCUT2D eigenvalue weighted by molar-refractivity contribution is 0.677. The summed E-state index contributed by atoms with van der Waals surface area (Å²) in [6.07, 6.45) is 2.94. The molecule has 2 rings (SSSR count). The minimum atomic E-state index is 0.403. The van der Waals surface area contributed by atoms with Gasteiger partial charge in [0, 0.05) is 12.3 Å². The first kappa shape index (κ1) is 11.8. The van der Waals surface area contributed by atoms with Crippen molar-refractivity contribution in [2.45, 2.75) is 33.1 Å². The first-order chi connectivity index (χ1) is 8.24. The second-order valence-corrected chi connectivity index (χ2v) is 4.44. The van der Waals surface area contributed by atoms with Gasteiger partial charge >= 0.3 is 0 Å². The first-order valence-corrected chi connectivity index (χ1v) is 6.23. The summed E-state index contributed by atoms with van der Waals surface area (Å²) in [6.45, 7) is 4.33. The third kappa shape index (κ3) is 2.54. The number of nitrogens with zero attached hydrogens (tertiary/aromatic N) is 2. The summed E-state index contributed by atoms with van der Waals surface area (Å²) < 4.78 is 0. The van der Waals surface area contributed by atoms with Crippen LogP contribution in [0.4, 0.5) is 0 Å². The predicted molar refractivity (Wildman–Crippen MR) is 72.4 cm³/mol. The molecule has 0 bridgehead atoms. The molecule has 0 fully saturated rings. The molecule has 1 aromatic carbocycles. The topological polar surface area (TPSA) is 50.7 Å². The zero-order valence-electron chi connectivity index (χ0n) is 10.5. The molecule has 0 spiro atoms. The molecular weight excluding hydrogens is 210 g/mol. The lowest BCUT2D eigenvalue weighted by Crippen LogP contribution is -2.26. The number of hydrogen-bond donors (Lipinski definition) is 1. The SMILES string of the molecule is CCc1ccc(C2=NN=C(N)CC2CC)cc1. The van der Waals surface area contributed by atoms with E-state index in [-0.39, 0.29) is 0 Å². The standard InChI is InChI=1S/C14H19N3/c1-3-10-5-7-12(8-6-10)14-11(4-2)9-13(15)16-17-14/h5-8,11H,3-4,9H2,1-2H3,(H2,15,16). The van der Waals surface area contributed by atoms with Crippen LogP contribution in [0.15, 0.2) is 34.5 Å². The molecule has 0 saturated heterocycles. The molecule has 1 aliphatic heterocycles. The number of hydrogen-bond acceptors (Lipinski definition) is 3. The highest BCUT2D eigenvalue weighted by Gasteiger charge is 2.20. The molecule has 1 unspecified atom stereocenters. The highest BCUT2D eigenvalue weighted by Crippen LogP contribution is 2.21. The van der Waals surface area contributed by atoms with Crippen LogP contribution in [0.5, 0.6) is 0 Å². The van der Waals surface area contributed by atoms with Crippen molar-refractivity contribution in [2.24, 2.45) is 21.9 Å². The Hall–Kier alpha value is -1.64. The van der Waals surface area contributed by atoms with Crippen molar-refractivity contribution in [3.05, 3.63) is 35.4 Å². The van der Waals surface area contributed by atoms with E-state index in [2.05, 4.69) is 48.3 Å². The van der Waals surface area contributed by atoms with Crippen LogP contribution in [0, 0.1) is 5.92 Å². The van der Waals surface area contributed by atoms with Crippen molar-refractivity contribution in [1.29, 1.82) is 0 Å². The Kier molecular flexibility index (Phi) is 3.57. The lowest BCUT2D eigenvalue weighted by Gasteiger charge is -2.20. The Morgan fingerprint density at radius 2 is 1.88 bits per heavy atom. The van der Waals surface area contributed by atoms with E-state index in [0.717, 1.165) is 25.0 Å². The summed E-state index contributed by atoms with van der Waals surface area (Å²) in [7, 11) is 0. The monoisotopic (exact) mass is 229 g/mol. The van der Waals surface area contributed by atoms with Crippen molar-refractivity contribution >= 4 is 11.5 Å². The van der Waals surface area contributed by atoms with E-state index in [1.54, 1.807) is 0 Å². The molecule has 1 atom stereocenters. The molecule has 0 saturated carbocycles. The van der Waals surface area contributed by atoms with Crippen LogP contribution in [0.2, 0.25) is 0 Å². The lowest BCUT2D eigenvalue weighted by atomic mass is 9.90. The third-order valence-corrected chi connectivity index (χ3v) is 3.28. The highest BCUT2D eigenvalue weighted by molar-refractivity contribution is 6.05. The molecule has 2 N–H and O–H groups in total. The fourth-order valence-corrected chi connectivity index (χ4v) is 2.13. The van der Waals surface area contributed by atoms with Gasteiger partial charge in [0.25, 0.3) is 0 Å². The van der Waals surface area contributed by atoms with Gasteiger partial charge in [0.2, 0.25) is 0 Å². The molecular formula is C14H19N3. The van der Waals surface area contributed by atoms with Crippen molar-refractivity contribution in [3.8, 4) is 0 Å². The maximum atomic E-state index is 5.73. The van der Waals surface area contributed by atoms with Crippen molar-refractivity contribution in [2.75, 3.05) is 0 Å². The Morgan fingerprint density at radius 1 is 1.18 bits per heavy atom. The quantitative estimate of drug-likeness (QED) is 0.851. The van der Waals surface area contributed by atoms with Gasteiger partial charge in [-0.05, 0) is 24.0 Å². The molecule has 1 aliphatic rings. The number of aryl methyl sites for hydroxylation is 1. The Bertz CT molecular complexity index is 443. The van der Waals surface area contributed by atoms with E-state index in [4.69, 9.17) is 5.73 Å². The molecule has 1 heterocycles. The van der Waals surface area contributed by atoms with E-state index in [0.29, 0.717) is 11.8 Å². The Labute approximate surface area is 102 Å². The maximum absolute atomic E-state index is 5.73. The second kappa shape index (κ2) is 5.13. The fourth-order valence-electron chi connectivity index (χ4n) is 2.13. The van der Waals surface area contributed by atoms with Crippen molar-refractivity contribution < 1.29 is 0 Å². The van der Waals surface area contributed by atoms with E-state index in [9.17, 15) is 0 Å². The van der Waals surface area contributed by atoms with Gasteiger partial charge in [0.15, 0.2) is 0 Å². The third-order valence-electron chi connectivity index (χ3n) is 3.28. The zero-order chi connectivity index (χ0) is 12.3. The first-order valence-electron chi connectivity index (χ1n) is 6.23. The molecule has 0 amide bonds. The van der Waals surface area contributed by atoms with Gasteiger partial charge in [0.05, 0.1) is 5.71 Å². The van der Waals surface area contributed by atoms with Crippen molar-refractivity contribution in [3.63, 3.8) is 0 Å². The van der Waals surface area contributed by atoms with Gasteiger partial charge < -0.3 is 5.73 Å². The van der Waals surface area contributed by atoms with Gasteiger partial charge in [-0.2, -0.15) is 5.10 Å². The number of rotatable bonds is 3. The summed E-state index contributed by atoms with van der Waals surface area (Å²) in [6, 6.07) is 8.59. The van der Waals surface area contributed by atoms with Crippen LogP contribution >= 0.6 is 0 Å². The number of benzene rings is 1. The molecule has 1 aromatic rings.